The fourth-order valence-electron chi connectivity index (χ4n) is 2.70. The van der Waals surface area contributed by atoms with Gasteiger partial charge in [0.05, 0.1) is 6.20 Å². The van der Waals surface area contributed by atoms with Crippen molar-refractivity contribution in [3.05, 3.63) is 51.6 Å². The Morgan fingerprint density at radius 2 is 1.97 bits per heavy atom. The number of aryl methyl sites for hydroxylation is 1. The van der Waals surface area contributed by atoms with Gasteiger partial charge in [-0.3, -0.25) is 9.20 Å². The molecule has 0 radical (unpaired) electrons. The van der Waals surface area contributed by atoms with Crippen molar-refractivity contribution >= 4 is 51.6 Å². The van der Waals surface area contributed by atoms with Gasteiger partial charge in [-0.2, -0.15) is 13.2 Å². The summed E-state index contributed by atoms with van der Waals surface area (Å²) in [5.74, 6) is -2.14. The molecule has 0 atom stereocenters. The predicted octanol–water partition coefficient (Wildman–Crippen LogP) is 3.35. The lowest BCUT2D eigenvalue weighted by molar-refractivity contribution is -0.192. The molecule has 1 aromatic carbocycles. The molecule has 178 valence electrons. The number of benzene rings is 1. The second-order valence-electron chi connectivity index (χ2n) is 6.60. The minimum Gasteiger partial charge on any atom is -0.475 e. The molecule has 0 aliphatic carbocycles. The lowest BCUT2D eigenvalue weighted by atomic mass is 10.0. The SMILES string of the molecule is CCc1cc(Nc2nccn3c(I)cnc23)ccc1C(=O)NCCCN.O=C(O)C(F)(F)F. The summed E-state index contributed by atoms with van der Waals surface area (Å²) in [6.07, 6.45) is 1.86. The van der Waals surface area contributed by atoms with Crippen LogP contribution in [0.5, 0.6) is 0 Å². The summed E-state index contributed by atoms with van der Waals surface area (Å²) in [5, 5.41) is 13.3. The van der Waals surface area contributed by atoms with Crippen molar-refractivity contribution in [3.63, 3.8) is 0 Å². The van der Waals surface area contributed by atoms with E-state index >= 15 is 0 Å². The number of alkyl halides is 3. The summed E-state index contributed by atoms with van der Waals surface area (Å²) >= 11 is 2.23. The number of aromatic nitrogens is 3. The Morgan fingerprint density at radius 1 is 1.27 bits per heavy atom. The van der Waals surface area contributed by atoms with Gasteiger partial charge < -0.3 is 21.5 Å². The van der Waals surface area contributed by atoms with Crippen molar-refractivity contribution in [3.8, 4) is 0 Å². The number of carbonyl (C=O) groups excluding carboxylic acids is 1. The lowest BCUT2D eigenvalue weighted by Crippen LogP contribution is -2.26. The van der Waals surface area contributed by atoms with Crippen LogP contribution in [0.1, 0.15) is 29.3 Å². The normalized spacial score (nSPS) is 11.0. The highest BCUT2D eigenvalue weighted by molar-refractivity contribution is 14.1. The number of rotatable bonds is 7. The molecular weight excluding hydrogens is 556 g/mol. The van der Waals surface area contributed by atoms with Gasteiger partial charge in [-0.25, -0.2) is 14.8 Å². The smallest absolute Gasteiger partial charge is 0.475 e. The Hall–Kier alpha value is -2.94. The largest absolute Gasteiger partial charge is 0.490 e. The first-order valence-electron chi connectivity index (χ1n) is 9.74. The molecule has 3 aromatic rings. The van der Waals surface area contributed by atoms with E-state index in [1.165, 1.54) is 0 Å². The topological polar surface area (TPSA) is 135 Å². The van der Waals surface area contributed by atoms with Gasteiger partial charge in [0.1, 0.15) is 3.70 Å². The number of aliphatic carboxylic acids is 1. The zero-order valence-corrected chi connectivity index (χ0v) is 19.6. The predicted molar refractivity (Wildman–Crippen MR) is 125 cm³/mol. The highest BCUT2D eigenvalue weighted by atomic mass is 127. The van der Waals surface area contributed by atoms with Crippen LogP contribution >= 0.6 is 22.6 Å². The molecule has 0 bridgehead atoms. The van der Waals surface area contributed by atoms with Crippen molar-refractivity contribution < 1.29 is 27.9 Å². The standard InChI is InChI=1S/C18H21IN6O.C2HF3O2/c1-2-12-10-13(4-5-14(12)18(26)22-7-3-6-20)24-16-17-23-11-15(19)25(17)9-8-21-16;3-2(4,5)1(6)7/h4-5,8-11H,2-3,6-7,20H2,1H3,(H,21,24)(H,22,26);(H,6,7). The Morgan fingerprint density at radius 3 is 2.58 bits per heavy atom. The number of imidazole rings is 1. The Balaban J connectivity index is 0.000000479. The number of carboxylic acids is 1. The number of nitrogens with zero attached hydrogens (tertiary/aromatic N) is 3. The van der Waals surface area contributed by atoms with Crippen LogP contribution in [0.4, 0.5) is 24.7 Å². The summed E-state index contributed by atoms with van der Waals surface area (Å²) < 4.78 is 34.7. The number of hydrogen-bond acceptors (Lipinski definition) is 6. The summed E-state index contributed by atoms with van der Waals surface area (Å²) in [6, 6.07) is 5.71. The summed E-state index contributed by atoms with van der Waals surface area (Å²) in [4.78, 5) is 30.0. The van der Waals surface area contributed by atoms with Gasteiger partial charge in [0.2, 0.25) is 0 Å². The zero-order valence-electron chi connectivity index (χ0n) is 17.5. The fraction of sp³-hybridized carbons (Fsp3) is 0.300. The van der Waals surface area contributed by atoms with Crippen LogP contribution in [0.25, 0.3) is 5.65 Å². The Bertz CT molecular complexity index is 1120. The quantitative estimate of drug-likeness (QED) is 0.250. The second-order valence-corrected chi connectivity index (χ2v) is 7.71. The van der Waals surface area contributed by atoms with Crippen molar-refractivity contribution in [1.29, 1.82) is 0 Å². The molecule has 0 saturated carbocycles. The van der Waals surface area contributed by atoms with E-state index in [4.69, 9.17) is 15.6 Å². The first-order chi connectivity index (χ1) is 15.6. The van der Waals surface area contributed by atoms with E-state index in [2.05, 4.69) is 43.2 Å². The molecule has 0 aliphatic heterocycles. The molecule has 0 spiro atoms. The molecule has 13 heteroatoms. The highest BCUT2D eigenvalue weighted by Gasteiger charge is 2.38. The van der Waals surface area contributed by atoms with E-state index in [9.17, 15) is 18.0 Å². The van der Waals surface area contributed by atoms with Crippen LogP contribution in [0.15, 0.2) is 36.8 Å². The average Bonchev–Trinajstić information content (AvgIpc) is 3.15. The third-order valence-corrected chi connectivity index (χ3v) is 5.08. The number of anilines is 2. The van der Waals surface area contributed by atoms with Crippen LogP contribution in [0, 0.1) is 3.70 Å². The number of amides is 1. The third kappa shape index (κ3) is 7.28. The minimum absolute atomic E-state index is 0.0649. The van der Waals surface area contributed by atoms with Gasteiger partial charge in [-0.05, 0) is 65.7 Å². The Labute approximate surface area is 200 Å². The van der Waals surface area contributed by atoms with E-state index in [1.807, 2.05) is 35.7 Å². The maximum absolute atomic E-state index is 12.3. The maximum atomic E-state index is 12.3. The molecule has 5 N–H and O–H groups in total. The molecule has 0 fully saturated rings. The number of hydrogen-bond donors (Lipinski definition) is 4. The average molecular weight is 578 g/mol. The minimum atomic E-state index is -5.08. The van der Waals surface area contributed by atoms with Crippen molar-refractivity contribution in [2.24, 2.45) is 5.73 Å². The number of fused-ring (bicyclic) bond motifs is 1. The molecule has 1 amide bonds. The molecule has 3 rings (SSSR count). The van der Waals surface area contributed by atoms with Crippen LogP contribution in [0.3, 0.4) is 0 Å². The van der Waals surface area contributed by atoms with Crippen LogP contribution in [-0.4, -0.2) is 50.6 Å². The van der Waals surface area contributed by atoms with E-state index in [0.717, 1.165) is 33.4 Å². The molecule has 2 aromatic heterocycles. The van der Waals surface area contributed by atoms with E-state index in [1.54, 1.807) is 12.4 Å². The molecule has 2 heterocycles. The van der Waals surface area contributed by atoms with Gasteiger partial charge in [0, 0.05) is 30.2 Å². The van der Waals surface area contributed by atoms with E-state index in [-0.39, 0.29) is 5.91 Å². The molecular formula is C20H22F3IN6O3. The van der Waals surface area contributed by atoms with Gasteiger partial charge >= 0.3 is 12.1 Å². The zero-order chi connectivity index (χ0) is 24.6. The second kappa shape index (κ2) is 11.8. The summed E-state index contributed by atoms with van der Waals surface area (Å²) in [6.45, 7) is 3.18. The number of halogens is 4. The van der Waals surface area contributed by atoms with Crippen molar-refractivity contribution in [1.82, 2.24) is 19.7 Å². The van der Waals surface area contributed by atoms with Crippen LogP contribution in [0.2, 0.25) is 0 Å². The van der Waals surface area contributed by atoms with Gasteiger partial charge in [-0.1, -0.05) is 6.92 Å². The van der Waals surface area contributed by atoms with Gasteiger partial charge in [0.15, 0.2) is 11.5 Å². The van der Waals surface area contributed by atoms with Gasteiger partial charge in [0.25, 0.3) is 5.91 Å². The molecule has 0 aliphatic rings. The van der Waals surface area contributed by atoms with Crippen LogP contribution < -0.4 is 16.4 Å². The first-order valence-corrected chi connectivity index (χ1v) is 10.8. The first kappa shape index (κ1) is 26.3. The van der Waals surface area contributed by atoms with Crippen molar-refractivity contribution in [2.75, 3.05) is 18.4 Å². The third-order valence-electron chi connectivity index (χ3n) is 4.29. The number of nitrogens with one attached hydrogen (secondary N) is 2. The van der Waals surface area contributed by atoms with E-state index in [0.29, 0.717) is 24.5 Å². The van der Waals surface area contributed by atoms with Crippen molar-refractivity contribution in [2.45, 2.75) is 25.9 Å². The van der Waals surface area contributed by atoms with Gasteiger partial charge in [-0.15, -0.1) is 0 Å². The lowest BCUT2D eigenvalue weighted by Gasteiger charge is -2.12. The highest BCUT2D eigenvalue weighted by Crippen LogP contribution is 2.23. The molecule has 9 nitrogen and oxygen atoms in total. The number of carboxylic acid groups (broad SMARTS) is 1. The molecule has 33 heavy (non-hydrogen) atoms. The van der Waals surface area contributed by atoms with E-state index < -0.39 is 12.1 Å². The fourth-order valence-corrected chi connectivity index (χ4v) is 3.23. The monoisotopic (exact) mass is 578 g/mol. The number of nitrogens with two attached hydrogens (primary N) is 1. The maximum Gasteiger partial charge on any atom is 0.490 e. The molecule has 0 saturated heterocycles. The summed E-state index contributed by atoms with van der Waals surface area (Å²) in [5.41, 5.74) is 8.78. The summed E-state index contributed by atoms with van der Waals surface area (Å²) in [7, 11) is 0. The Kier molecular flexibility index (Phi) is 9.40. The molecule has 0 unspecified atom stereocenters. The number of carbonyl (C=O) groups is 2. The van der Waals surface area contributed by atoms with Crippen LogP contribution in [-0.2, 0) is 11.2 Å².